The Kier molecular flexibility index (Phi) is 10.7. The molecule has 3 aromatic rings. The van der Waals surface area contributed by atoms with Crippen molar-refractivity contribution < 1.29 is 14.7 Å². The van der Waals surface area contributed by atoms with E-state index in [4.69, 9.17) is 21.7 Å². The minimum atomic E-state index is -0.969. The Hall–Kier alpha value is -4.61. The number of carbonyl (C=O) groups excluding carboxylic acids is 1. The number of hydrogen-bond acceptors (Lipinski definition) is 4. The van der Waals surface area contributed by atoms with Crippen LogP contribution >= 0.6 is 11.6 Å². The summed E-state index contributed by atoms with van der Waals surface area (Å²) >= 11 is 6.08. The molecule has 0 fully saturated rings. The van der Waals surface area contributed by atoms with Gasteiger partial charge in [0, 0.05) is 22.8 Å². The molecule has 3 N–H and O–H groups in total. The van der Waals surface area contributed by atoms with Gasteiger partial charge in [-0.1, -0.05) is 54.1 Å². The van der Waals surface area contributed by atoms with Gasteiger partial charge in [-0.2, -0.15) is 5.26 Å². The fourth-order valence-electron chi connectivity index (χ4n) is 4.79. The largest absolute Gasteiger partial charge is 0.481 e. The van der Waals surface area contributed by atoms with Gasteiger partial charge in [0.2, 0.25) is 5.96 Å². The number of aliphatic carboxylic acids is 1. The van der Waals surface area contributed by atoms with E-state index in [0.29, 0.717) is 23.1 Å². The van der Waals surface area contributed by atoms with Gasteiger partial charge in [-0.15, -0.1) is 0 Å². The number of hydrogen-bond donors (Lipinski definition) is 3. The molecule has 0 radical (unpaired) electrons. The van der Waals surface area contributed by atoms with Crippen molar-refractivity contribution in [1.29, 1.82) is 5.26 Å². The number of carboxylic acid groups (broad SMARTS) is 1. The summed E-state index contributed by atoms with van der Waals surface area (Å²) < 4.78 is 0. The molecule has 1 amide bonds. The second-order valence-electron chi connectivity index (χ2n) is 10.1. The van der Waals surface area contributed by atoms with Gasteiger partial charge in [0.15, 0.2) is 6.19 Å². The molecule has 0 heterocycles. The van der Waals surface area contributed by atoms with E-state index in [1.165, 1.54) is 24.0 Å². The summed E-state index contributed by atoms with van der Waals surface area (Å²) in [7, 11) is 0. The molecule has 216 valence electrons. The highest BCUT2D eigenvalue weighted by Gasteiger charge is 2.18. The van der Waals surface area contributed by atoms with Gasteiger partial charge in [-0.25, -0.2) is 4.99 Å². The van der Waals surface area contributed by atoms with Crippen LogP contribution < -0.4 is 15.5 Å². The zero-order valence-corrected chi connectivity index (χ0v) is 24.3. The first-order chi connectivity index (χ1) is 20.3. The van der Waals surface area contributed by atoms with Gasteiger partial charge in [-0.3, -0.25) is 14.9 Å². The number of benzene rings is 3. The maximum atomic E-state index is 12.4. The summed E-state index contributed by atoms with van der Waals surface area (Å²) in [5.74, 6) is -0.916. The van der Waals surface area contributed by atoms with Crippen LogP contribution in [0.25, 0.3) is 5.57 Å². The fraction of sp³-hybridized carbons (Fsp3) is 0.273. The van der Waals surface area contributed by atoms with Crippen LogP contribution in [-0.4, -0.2) is 29.5 Å². The minimum absolute atomic E-state index is 0.0576. The quantitative estimate of drug-likeness (QED) is 0.106. The number of amides is 1. The highest BCUT2D eigenvalue weighted by atomic mass is 35.5. The second kappa shape index (κ2) is 14.9. The summed E-state index contributed by atoms with van der Waals surface area (Å²) in [5.41, 5.74) is 5.68. The average Bonchev–Trinajstić information content (AvgIpc) is 3.00. The molecule has 42 heavy (non-hydrogen) atoms. The number of anilines is 1. The molecule has 0 saturated heterocycles. The van der Waals surface area contributed by atoms with Gasteiger partial charge < -0.3 is 15.3 Å². The number of halogens is 1. The third-order valence-corrected chi connectivity index (χ3v) is 7.37. The number of nitriles is 1. The van der Waals surface area contributed by atoms with Gasteiger partial charge in [0.1, 0.15) is 0 Å². The van der Waals surface area contributed by atoms with Crippen molar-refractivity contribution in [3.05, 3.63) is 106 Å². The van der Waals surface area contributed by atoms with Gasteiger partial charge in [0.25, 0.3) is 5.91 Å². The number of allylic oxidation sites excluding steroid dienone is 2. The average molecular weight is 584 g/mol. The number of carbonyl (C=O) groups is 2. The van der Waals surface area contributed by atoms with E-state index >= 15 is 0 Å². The van der Waals surface area contributed by atoms with Crippen LogP contribution in [0.1, 0.15) is 72.1 Å². The molecule has 0 saturated carbocycles. The topological polar surface area (TPSA) is 118 Å². The molecular weight excluding hydrogens is 550 g/mol. The fourth-order valence-corrected chi connectivity index (χ4v) is 4.92. The molecule has 9 heteroatoms. The van der Waals surface area contributed by atoms with Crippen molar-refractivity contribution >= 4 is 40.7 Å². The Bertz CT molecular complexity index is 1480. The Labute approximate surface area is 251 Å². The lowest BCUT2D eigenvalue weighted by molar-refractivity contribution is -0.136. The molecule has 4 rings (SSSR count). The molecular formula is C33H34ClN5O3. The number of aliphatic imine (C=N–C) groups is 1. The molecule has 0 bridgehead atoms. The van der Waals surface area contributed by atoms with Crippen LogP contribution in [0.2, 0.25) is 5.02 Å². The van der Waals surface area contributed by atoms with E-state index < -0.39 is 5.97 Å². The third kappa shape index (κ3) is 8.45. The molecule has 0 aromatic heterocycles. The Morgan fingerprint density at radius 1 is 1.05 bits per heavy atom. The van der Waals surface area contributed by atoms with E-state index in [0.717, 1.165) is 29.7 Å². The van der Waals surface area contributed by atoms with Crippen LogP contribution in [0.15, 0.2) is 83.9 Å². The van der Waals surface area contributed by atoms with Crippen molar-refractivity contribution in [3.8, 4) is 6.19 Å². The second-order valence-corrected chi connectivity index (χ2v) is 10.6. The summed E-state index contributed by atoms with van der Waals surface area (Å²) in [4.78, 5) is 30.0. The first kappa shape index (κ1) is 30.4. The molecule has 8 nitrogen and oxygen atoms in total. The first-order valence-corrected chi connectivity index (χ1v) is 14.4. The Morgan fingerprint density at radius 3 is 2.38 bits per heavy atom. The maximum Gasteiger partial charge on any atom is 0.305 e. The van der Waals surface area contributed by atoms with Gasteiger partial charge in [-0.05, 0) is 91.3 Å². The number of rotatable bonds is 10. The van der Waals surface area contributed by atoms with Crippen LogP contribution in [0, 0.1) is 11.5 Å². The molecule has 1 aliphatic rings. The van der Waals surface area contributed by atoms with E-state index in [9.17, 15) is 14.9 Å². The summed E-state index contributed by atoms with van der Waals surface area (Å²) in [6.45, 7) is 2.39. The van der Waals surface area contributed by atoms with Crippen LogP contribution in [0.4, 0.5) is 5.69 Å². The normalized spacial score (nSPS) is 13.8. The van der Waals surface area contributed by atoms with Crippen molar-refractivity contribution in [2.24, 2.45) is 4.99 Å². The summed E-state index contributed by atoms with van der Waals surface area (Å²) in [6.07, 6.45) is 8.80. The molecule has 1 unspecified atom stereocenters. The lowest BCUT2D eigenvalue weighted by Gasteiger charge is -2.27. The van der Waals surface area contributed by atoms with Crippen molar-refractivity contribution in [3.63, 3.8) is 0 Å². The number of guanidine groups is 1. The van der Waals surface area contributed by atoms with Crippen LogP contribution in [-0.2, 0) is 11.3 Å². The van der Waals surface area contributed by atoms with E-state index in [1.807, 2.05) is 66.5 Å². The number of nitrogens with one attached hydrogen (secondary N) is 2. The standard InChI is InChI=1S/C33H34ClN5O3/c1-23(25-11-15-29(34)16-12-25)38-33(37-22-35)39(30-17-13-27(14-18-30)26-5-3-2-4-6-26)21-24-7-9-28(10-8-24)32(42)36-20-19-31(40)41/h5,7-18,23H,2-4,6,19-21H2,1H3,(H,36,42)(H,37,38)(H,40,41). The predicted molar refractivity (Wildman–Crippen MR) is 166 cm³/mol. The van der Waals surface area contributed by atoms with Gasteiger partial charge >= 0.3 is 5.97 Å². The number of carboxylic acids is 1. The smallest absolute Gasteiger partial charge is 0.305 e. The molecule has 1 atom stereocenters. The molecule has 1 aliphatic carbocycles. The highest BCUT2D eigenvalue weighted by molar-refractivity contribution is 6.30. The Morgan fingerprint density at radius 2 is 1.76 bits per heavy atom. The lowest BCUT2D eigenvalue weighted by Crippen LogP contribution is -2.39. The highest BCUT2D eigenvalue weighted by Crippen LogP contribution is 2.29. The summed E-state index contributed by atoms with van der Waals surface area (Å²) in [5, 5.41) is 24.5. The monoisotopic (exact) mass is 583 g/mol. The van der Waals surface area contributed by atoms with E-state index in [2.05, 4.69) is 28.8 Å². The zero-order valence-electron chi connectivity index (χ0n) is 23.5. The van der Waals surface area contributed by atoms with Crippen molar-refractivity contribution in [2.75, 3.05) is 11.4 Å². The van der Waals surface area contributed by atoms with Crippen molar-refractivity contribution in [1.82, 2.24) is 10.6 Å². The number of nitrogens with zero attached hydrogens (tertiary/aromatic N) is 3. The minimum Gasteiger partial charge on any atom is -0.481 e. The molecule has 0 spiro atoms. The Balaban J connectivity index is 1.63. The van der Waals surface area contributed by atoms with E-state index in [-0.39, 0.29) is 24.9 Å². The molecule has 0 aliphatic heterocycles. The van der Waals surface area contributed by atoms with Gasteiger partial charge in [0.05, 0.1) is 19.0 Å². The van der Waals surface area contributed by atoms with E-state index in [1.54, 1.807) is 12.1 Å². The molecule has 3 aromatic carbocycles. The van der Waals surface area contributed by atoms with Crippen LogP contribution in [0.5, 0.6) is 0 Å². The summed E-state index contributed by atoms with van der Waals surface area (Å²) in [6, 6.07) is 22.6. The SMILES string of the molecule is CC(N=C(NC#N)N(Cc1ccc(C(=O)NCCC(=O)O)cc1)c1ccc(C2=CCCCC2)cc1)c1ccc(Cl)cc1. The van der Waals surface area contributed by atoms with Crippen molar-refractivity contribution in [2.45, 2.75) is 51.6 Å². The predicted octanol–water partition coefficient (Wildman–Crippen LogP) is 6.70. The maximum absolute atomic E-state index is 12.4. The zero-order chi connectivity index (χ0) is 29.9. The van der Waals surface area contributed by atoms with Crippen LogP contribution in [0.3, 0.4) is 0 Å². The third-order valence-electron chi connectivity index (χ3n) is 7.11. The lowest BCUT2D eigenvalue weighted by atomic mass is 9.93. The first-order valence-electron chi connectivity index (χ1n) is 14.0.